The van der Waals surface area contributed by atoms with Gasteiger partial charge in [0.1, 0.15) is 16.8 Å². The number of aryl methyl sites for hydroxylation is 1. The first kappa shape index (κ1) is 26.5. The van der Waals surface area contributed by atoms with Crippen LogP contribution in [0.1, 0.15) is 32.9 Å². The van der Waals surface area contributed by atoms with E-state index in [4.69, 9.17) is 4.74 Å². The first-order chi connectivity index (χ1) is 18.7. The number of hydrogen-bond donors (Lipinski definition) is 0. The Morgan fingerprint density at radius 3 is 2.28 bits per heavy atom. The molecule has 3 aromatic carbocycles. The first-order valence-corrected chi connectivity index (χ1v) is 13.9. The number of benzene rings is 3. The second-order valence-electron chi connectivity index (χ2n) is 9.46. The van der Waals surface area contributed by atoms with Crippen LogP contribution in [-0.2, 0) is 32.5 Å². The summed E-state index contributed by atoms with van der Waals surface area (Å²) in [6.07, 6.45) is 0.0411. The van der Waals surface area contributed by atoms with E-state index in [-0.39, 0.29) is 13.0 Å². The van der Waals surface area contributed by atoms with Crippen LogP contribution >= 0.6 is 0 Å². The number of esters is 1. The SMILES string of the molecule is Cc1cc(C(=O)COC(=O)[C@H]2Cc3ccccc3CN2S(=O)(=O)c2ccccc2F)c(C)n1-c1ccccc1. The monoisotopic (exact) mass is 546 g/mol. The molecule has 1 atom stereocenters. The summed E-state index contributed by atoms with van der Waals surface area (Å²) in [5.41, 5.74) is 4.37. The zero-order valence-electron chi connectivity index (χ0n) is 21.5. The summed E-state index contributed by atoms with van der Waals surface area (Å²) in [7, 11) is -4.39. The highest BCUT2D eigenvalue weighted by molar-refractivity contribution is 7.89. The van der Waals surface area contributed by atoms with Crippen molar-refractivity contribution in [2.45, 2.75) is 37.8 Å². The minimum absolute atomic E-state index is 0.0411. The fourth-order valence-electron chi connectivity index (χ4n) is 5.06. The highest BCUT2D eigenvalue weighted by Gasteiger charge is 2.41. The predicted molar refractivity (Wildman–Crippen MR) is 144 cm³/mol. The summed E-state index contributed by atoms with van der Waals surface area (Å²) < 4.78 is 49.9. The maximum atomic E-state index is 14.5. The van der Waals surface area contributed by atoms with Gasteiger partial charge in [0.05, 0.1) is 0 Å². The molecule has 1 aromatic heterocycles. The number of fused-ring (bicyclic) bond motifs is 1. The lowest BCUT2D eigenvalue weighted by molar-refractivity contribution is -0.147. The number of Topliss-reactive ketones (excluding diaryl/α,β-unsaturated/α-hetero) is 1. The van der Waals surface area contributed by atoms with Gasteiger partial charge in [-0.1, -0.05) is 54.6 Å². The molecule has 0 saturated heterocycles. The molecule has 39 heavy (non-hydrogen) atoms. The first-order valence-electron chi connectivity index (χ1n) is 12.5. The van der Waals surface area contributed by atoms with E-state index in [0.29, 0.717) is 16.8 Å². The van der Waals surface area contributed by atoms with Crippen molar-refractivity contribution in [3.05, 3.63) is 119 Å². The molecule has 0 N–H and O–H groups in total. The quantitative estimate of drug-likeness (QED) is 0.246. The van der Waals surface area contributed by atoms with Gasteiger partial charge in [0.25, 0.3) is 0 Å². The molecule has 2 heterocycles. The van der Waals surface area contributed by atoms with E-state index in [9.17, 15) is 22.4 Å². The van der Waals surface area contributed by atoms with Gasteiger partial charge in [0, 0.05) is 35.6 Å². The molecule has 0 amide bonds. The molecule has 4 aromatic rings. The number of ether oxygens (including phenoxy) is 1. The number of carbonyl (C=O) groups excluding carboxylic acids is 2. The maximum absolute atomic E-state index is 14.5. The molecule has 0 aliphatic carbocycles. The van der Waals surface area contributed by atoms with Crippen LogP contribution in [0.4, 0.5) is 4.39 Å². The average Bonchev–Trinajstić information content (AvgIpc) is 3.24. The fourth-order valence-corrected chi connectivity index (χ4v) is 6.69. The Hall–Kier alpha value is -4.08. The van der Waals surface area contributed by atoms with Crippen molar-refractivity contribution in [3.63, 3.8) is 0 Å². The zero-order valence-corrected chi connectivity index (χ0v) is 22.3. The van der Waals surface area contributed by atoms with Crippen LogP contribution in [0.3, 0.4) is 0 Å². The van der Waals surface area contributed by atoms with E-state index in [1.165, 1.54) is 18.2 Å². The fraction of sp³-hybridized carbons (Fsp3) is 0.200. The number of ketones is 1. The number of para-hydroxylation sites is 1. The van der Waals surface area contributed by atoms with Gasteiger partial charge < -0.3 is 9.30 Å². The van der Waals surface area contributed by atoms with Gasteiger partial charge in [-0.25, -0.2) is 12.8 Å². The maximum Gasteiger partial charge on any atom is 0.325 e. The number of rotatable bonds is 7. The normalized spacial score (nSPS) is 15.5. The summed E-state index contributed by atoms with van der Waals surface area (Å²) in [6, 6.07) is 22.3. The molecule has 0 bridgehead atoms. The van der Waals surface area contributed by atoms with Crippen LogP contribution in [-0.4, -0.2) is 41.7 Å². The van der Waals surface area contributed by atoms with Crippen molar-refractivity contribution < 1.29 is 27.1 Å². The molecule has 7 nitrogen and oxygen atoms in total. The summed E-state index contributed by atoms with van der Waals surface area (Å²) in [4.78, 5) is 25.9. The van der Waals surface area contributed by atoms with E-state index in [0.717, 1.165) is 27.3 Å². The standard InChI is InChI=1S/C30H27FN2O5S/c1-20-16-25(21(2)33(20)24-12-4-3-5-13-24)28(34)19-38-30(35)27-17-22-10-6-7-11-23(22)18-32(27)39(36,37)29-15-9-8-14-26(29)31/h3-16,27H,17-19H2,1-2H3/t27-/m1/s1. The lowest BCUT2D eigenvalue weighted by Gasteiger charge is -2.34. The van der Waals surface area contributed by atoms with Crippen LogP contribution < -0.4 is 0 Å². The summed E-state index contributed by atoms with van der Waals surface area (Å²) >= 11 is 0. The molecular weight excluding hydrogens is 519 g/mol. The number of halogens is 1. The van der Waals surface area contributed by atoms with Crippen LogP contribution in [0, 0.1) is 19.7 Å². The van der Waals surface area contributed by atoms with Gasteiger partial charge in [-0.15, -0.1) is 0 Å². The molecule has 0 unspecified atom stereocenters. The van der Waals surface area contributed by atoms with Gasteiger partial charge in [0.15, 0.2) is 6.61 Å². The second kappa shape index (κ2) is 10.6. The summed E-state index contributed by atoms with van der Waals surface area (Å²) in [5.74, 6) is -2.18. The van der Waals surface area contributed by atoms with Crippen molar-refractivity contribution >= 4 is 21.8 Å². The minimum Gasteiger partial charge on any atom is -0.456 e. The molecule has 9 heteroatoms. The third kappa shape index (κ3) is 5.03. The Balaban J connectivity index is 1.40. The van der Waals surface area contributed by atoms with Crippen molar-refractivity contribution in [1.29, 1.82) is 0 Å². The molecular formula is C30H27FN2O5S. The van der Waals surface area contributed by atoms with Gasteiger partial charge >= 0.3 is 5.97 Å². The highest BCUT2D eigenvalue weighted by atomic mass is 32.2. The average molecular weight is 547 g/mol. The molecule has 0 radical (unpaired) electrons. The van der Waals surface area contributed by atoms with E-state index in [1.54, 1.807) is 24.3 Å². The zero-order chi connectivity index (χ0) is 27.7. The third-order valence-corrected chi connectivity index (χ3v) is 8.88. The smallest absolute Gasteiger partial charge is 0.325 e. The molecule has 5 rings (SSSR count). The summed E-state index contributed by atoms with van der Waals surface area (Å²) in [6.45, 7) is 3.02. The van der Waals surface area contributed by atoms with Gasteiger partial charge in [-0.3, -0.25) is 9.59 Å². The molecule has 200 valence electrons. The molecule has 0 fully saturated rings. The van der Waals surface area contributed by atoms with Crippen molar-refractivity contribution in [3.8, 4) is 5.69 Å². The van der Waals surface area contributed by atoms with Crippen LogP contribution in [0.25, 0.3) is 5.69 Å². The van der Waals surface area contributed by atoms with Crippen LogP contribution in [0.5, 0.6) is 0 Å². The lowest BCUT2D eigenvalue weighted by Crippen LogP contribution is -2.49. The van der Waals surface area contributed by atoms with Crippen molar-refractivity contribution in [2.75, 3.05) is 6.61 Å². The number of nitrogens with zero attached hydrogens (tertiary/aromatic N) is 2. The van der Waals surface area contributed by atoms with Crippen LogP contribution in [0.2, 0.25) is 0 Å². The van der Waals surface area contributed by atoms with Crippen molar-refractivity contribution in [2.24, 2.45) is 0 Å². The number of sulfonamides is 1. The molecule has 0 saturated carbocycles. The second-order valence-corrected chi connectivity index (χ2v) is 11.3. The minimum atomic E-state index is -4.39. The molecule has 1 aliphatic heterocycles. The van der Waals surface area contributed by atoms with E-state index in [1.807, 2.05) is 54.8 Å². The summed E-state index contributed by atoms with van der Waals surface area (Å²) in [5, 5.41) is 0. The van der Waals surface area contributed by atoms with E-state index < -0.39 is 45.1 Å². The highest BCUT2D eigenvalue weighted by Crippen LogP contribution is 2.31. The van der Waals surface area contributed by atoms with E-state index in [2.05, 4.69) is 0 Å². The molecule has 1 aliphatic rings. The number of hydrogen-bond acceptors (Lipinski definition) is 5. The number of aromatic nitrogens is 1. The van der Waals surface area contributed by atoms with Crippen LogP contribution in [0.15, 0.2) is 89.8 Å². The van der Waals surface area contributed by atoms with Gasteiger partial charge in [-0.05, 0) is 55.3 Å². The Morgan fingerprint density at radius 1 is 0.923 bits per heavy atom. The Labute approximate surface area is 226 Å². The number of carbonyl (C=O) groups is 2. The predicted octanol–water partition coefficient (Wildman–Crippen LogP) is 4.77. The van der Waals surface area contributed by atoms with Crippen molar-refractivity contribution in [1.82, 2.24) is 8.87 Å². The Kier molecular flexibility index (Phi) is 7.20. The molecule has 0 spiro atoms. The Bertz CT molecular complexity index is 1660. The Morgan fingerprint density at radius 2 is 1.56 bits per heavy atom. The van der Waals surface area contributed by atoms with Gasteiger partial charge in [0.2, 0.25) is 15.8 Å². The van der Waals surface area contributed by atoms with E-state index >= 15 is 0 Å². The topological polar surface area (TPSA) is 85.7 Å². The third-order valence-electron chi connectivity index (χ3n) is 6.99. The largest absolute Gasteiger partial charge is 0.456 e. The lowest BCUT2D eigenvalue weighted by atomic mass is 9.96. The van der Waals surface area contributed by atoms with Gasteiger partial charge in [-0.2, -0.15) is 4.31 Å².